The Hall–Kier alpha value is -1.89. The number of hydrazine groups is 1. The van der Waals surface area contributed by atoms with E-state index in [-0.39, 0.29) is 11.7 Å². The van der Waals surface area contributed by atoms with Crippen LogP contribution in [0.4, 0.5) is 4.39 Å². The van der Waals surface area contributed by atoms with Crippen LogP contribution in [0, 0.1) is 11.7 Å². The highest BCUT2D eigenvalue weighted by molar-refractivity contribution is 7.80. The average molecular weight is 353 g/mol. The molecule has 0 aliphatic heterocycles. The van der Waals surface area contributed by atoms with Crippen molar-refractivity contribution in [2.24, 2.45) is 5.92 Å². The van der Waals surface area contributed by atoms with Crippen LogP contribution >= 0.6 is 12.2 Å². The molecule has 24 heavy (non-hydrogen) atoms. The van der Waals surface area contributed by atoms with Crippen molar-refractivity contribution in [2.75, 3.05) is 0 Å². The monoisotopic (exact) mass is 353 g/mol. The number of rotatable bonds is 4. The molecule has 1 aromatic rings. The first-order chi connectivity index (χ1) is 11.5. The van der Waals surface area contributed by atoms with Crippen molar-refractivity contribution in [3.8, 4) is 5.75 Å². The third kappa shape index (κ3) is 5.63. The Morgan fingerprint density at radius 1 is 1.25 bits per heavy atom. The van der Waals surface area contributed by atoms with Gasteiger partial charge < -0.3 is 10.1 Å². The van der Waals surface area contributed by atoms with Crippen molar-refractivity contribution in [3.63, 3.8) is 0 Å². The van der Waals surface area contributed by atoms with Crippen molar-refractivity contribution in [2.45, 2.75) is 51.7 Å². The zero-order chi connectivity index (χ0) is 17.5. The Labute approximate surface area is 147 Å². The normalized spacial score (nSPS) is 21.5. The predicted molar refractivity (Wildman–Crippen MR) is 94.9 cm³/mol. The molecule has 5 nitrogen and oxygen atoms in total. The molecule has 0 bridgehead atoms. The second kappa shape index (κ2) is 8.82. The van der Waals surface area contributed by atoms with Gasteiger partial charge in [-0.25, -0.2) is 4.39 Å². The van der Waals surface area contributed by atoms with Crippen molar-refractivity contribution in [3.05, 3.63) is 30.1 Å². The van der Waals surface area contributed by atoms with Gasteiger partial charge in [-0.3, -0.25) is 15.6 Å². The molecule has 3 atom stereocenters. The maximum absolute atomic E-state index is 12.8. The summed E-state index contributed by atoms with van der Waals surface area (Å²) < 4.78 is 18.3. The van der Waals surface area contributed by atoms with Gasteiger partial charge in [0.25, 0.3) is 5.91 Å². The third-order valence-corrected chi connectivity index (χ3v) is 4.44. The number of carbonyl (C=O) groups excluding carboxylic acids is 1. The topological polar surface area (TPSA) is 62.4 Å². The van der Waals surface area contributed by atoms with Gasteiger partial charge in [-0.1, -0.05) is 19.8 Å². The molecule has 132 valence electrons. The Morgan fingerprint density at radius 3 is 2.58 bits per heavy atom. The van der Waals surface area contributed by atoms with E-state index in [0.717, 1.165) is 6.42 Å². The molecular formula is C17H24FN3O2S. The minimum absolute atomic E-state index is 0.337. The summed E-state index contributed by atoms with van der Waals surface area (Å²) in [4.78, 5) is 12.0. The number of amides is 1. The lowest BCUT2D eigenvalue weighted by atomic mass is 9.86. The lowest BCUT2D eigenvalue weighted by Gasteiger charge is -2.30. The summed E-state index contributed by atoms with van der Waals surface area (Å²) in [7, 11) is 0. The molecule has 1 aromatic carbocycles. The van der Waals surface area contributed by atoms with Crippen LogP contribution in [0.15, 0.2) is 24.3 Å². The summed E-state index contributed by atoms with van der Waals surface area (Å²) in [5.41, 5.74) is 5.23. The highest BCUT2D eigenvalue weighted by atomic mass is 32.1. The minimum Gasteiger partial charge on any atom is -0.481 e. The van der Waals surface area contributed by atoms with Gasteiger partial charge in [0.15, 0.2) is 11.2 Å². The second-order valence-corrected chi connectivity index (χ2v) is 6.58. The summed E-state index contributed by atoms with van der Waals surface area (Å²) in [6.45, 7) is 3.82. The lowest BCUT2D eigenvalue weighted by Crippen LogP contribution is -2.53. The maximum Gasteiger partial charge on any atom is 0.279 e. The SMILES string of the molecule is C[C@@H]1CCCC[C@H]1NC(=S)NNC(=O)[C@@H](C)Oc1ccc(F)cc1. The predicted octanol–water partition coefficient (Wildman–Crippen LogP) is 2.67. The highest BCUT2D eigenvalue weighted by Crippen LogP contribution is 2.23. The number of carbonyl (C=O) groups is 1. The molecule has 0 unspecified atom stereocenters. The van der Waals surface area contributed by atoms with E-state index in [4.69, 9.17) is 17.0 Å². The number of hydrogen-bond donors (Lipinski definition) is 3. The highest BCUT2D eigenvalue weighted by Gasteiger charge is 2.22. The van der Waals surface area contributed by atoms with Crippen LogP contribution in [-0.4, -0.2) is 23.2 Å². The summed E-state index contributed by atoms with van der Waals surface area (Å²) in [6, 6.07) is 5.85. The Bertz CT molecular complexity index is 567. The standard InChI is InChI=1S/C17H24FN3O2S/c1-11-5-3-4-6-15(11)19-17(24)21-20-16(22)12(2)23-14-9-7-13(18)8-10-14/h7-12,15H,3-6H2,1-2H3,(H,20,22)(H2,19,21,24)/t11-,12-,15-/m1/s1. The molecule has 0 saturated heterocycles. The molecule has 1 saturated carbocycles. The molecule has 1 amide bonds. The van der Waals surface area contributed by atoms with Crippen LogP contribution in [0.2, 0.25) is 0 Å². The molecule has 0 aromatic heterocycles. The number of halogens is 1. The first-order valence-electron chi connectivity index (χ1n) is 8.24. The van der Waals surface area contributed by atoms with E-state index in [1.54, 1.807) is 6.92 Å². The molecule has 0 radical (unpaired) electrons. The van der Waals surface area contributed by atoms with Crippen LogP contribution in [-0.2, 0) is 4.79 Å². The average Bonchev–Trinajstić information content (AvgIpc) is 2.57. The van der Waals surface area contributed by atoms with Gasteiger partial charge in [0.05, 0.1) is 0 Å². The molecule has 1 aliphatic carbocycles. The van der Waals surface area contributed by atoms with Crippen molar-refractivity contribution in [1.82, 2.24) is 16.2 Å². The maximum atomic E-state index is 12.8. The van der Waals surface area contributed by atoms with Gasteiger partial charge in [-0.05, 0) is 62.2 Å². The van der Waals surface area contributed by atoms with E-state index in [2.05, 4.69) is 23.1 Å². The largest absolute Gasteiger partial charge is 0.481 e. The fraction of sp³-hybridized carbons (Fsp3) is 0.529. The summed E-state index contributed by atoms with van der Waals surface area (Å²) in [5.74, 6) is 0.278. The fourth-order valence-electron chi connectivity index (χ4n) is 2.73. The van der Waals surface area contributed by atoms with Gasteiger partial charge in [0.1, 0.15) is 11.6 Å². The minimum atomic E-state index is -0.737. The van der Waals surface area contributed by atoms with Gasteiger partial charge in [-0.15, -0.1) is 0 Å². The van der Waals surface area contributed by atoms with E-state index >= 15 is 0 Å². The number of ether oxygens (including phenoxy) is 1. The fourth-order valence-corrected chi connectivity index (χ4v) is 2.93. The number of thiocarbonyl (C=S) groups is 1. The first-order valence-corrected chi connectivity index (χ1v) is 8.65. The van der Waals surface area contributed by atoms with Crippen LogP contribution in [0.3, 0.4) is 0 Å². The van der Waals surface area contributed by atoms with E-state index in [1.807, 2.05) is 0 Å². The number of nitrogens with one attached hydrogen (secondary N) is 3. The molecule has 0 heterocycles. The molecule has 1 fully saturated rings. The van der Waals surface area contributed by atoms with E-state index in [9.17, 15) is 9.18 Å². The van der Waals surface area contributed by atoms with Crippen molar-refractivity contribution < 1.29 is 13.9 Å². The van der Waals surface area contributed by atoms with Crippen molar-refractivity contribution >= 4 is 23.2 Å². The number of hydrogen-bond acceptors (Lipinski definition) is 3. The third-order valence-electron chi connectivity index (χ3n) is 4.22. The first kappa shape index (κ1) is 18.4. The molecule has 2 rings (SSSR count). The van der Waals surface area contributed by atoms with Gasteiger partial charge in [0, 0.05) is 6.04 Å². The summed E-state index contributed by atoms with van der Waals surface area (Å²) >= 11 is 5.22. The van der Waals surface area contributed by atoms with E-state index in [1.165, 1.54) is 43.5 Å². The van der Waals surface area contributed by atoms with Gasteiger partial charge in [0.2, 0.25) is 0 Å². The van der Waals surface area contributed by atoms with Crippen LogP contribution < -0.4 is 20.9 Å². The zero-order valence-corrected chi connectivity index (χ0v) is 14.8. The van der Waals surface area contributed by atoms with E-state index < -0.39 is 6.10 Å². The van der Waals surface area contributed by atoms with Crippen LogP contribution in [0.1, 0.15) is 39.5 Å². The van der Waals surface area contributed by atoms with Crippen LogP contribution in [0.5, 0.6) is 5.75 Å². The number of benzene rings is 1. The van der Waals surface area contributed by atoms with Crippen LogP contribution in [0.25, 0.3) is 0 Å². The quantitative estimate of drug-likeness (QED) is 0.574. The lowest BCUT2D eigenvalue weighted by molar-refractivity contribution is -0.127. The Morgan fingerprint density at radius 2 is 1.92 bits per heavy atom. The molecule has 0 spiro atoms. The summed E-state index contributed by atoms with van der Waals surface area (Å²) in [5, 5.41) is 3.64. The van der Waals surface area contributed by atoms with Gasteiger partial charge >= 0.3 is 0 Å². The Kier molecular flexibility index (Phi) is 6.78. The molecule has 3 N–H and O–H groups in total. The summed E-state index contributed by atoms with van der Waals surface area (Å²) in [6.07, 6.45) is 3.99. The second-order valence-electron chi connectivity index (χ2n) is 6.17. The zero-order valence-electron chi connectivity index (χ0n) is 14.0. The van der Waals surface area contributed by atoms with Gasteiger partial charge in [-0.2, -0.15) is 0 Å². The smallest absolute Gasteiger partial charge is 0.279 e. The van der Waals surface area contributed by atoms with Crippen molar-refractivity contribution in [1.29, 1.82) is 0 Å². The molecule has 7 heteroatoms. The molecule has 1 aliphatic rings. The Balaban J connectivity index is 1.73. The van der Waals surface area contributed by atoms with E-state index in [0.29, 0.717) is 22.8 Å². The molecular weight excluding hydrogens is 329 g/mol.